The first kappa shape index (κ1) is 21.7. The van der Waals surface area contributed by atoms with Gasteiger partial charge in [-0.05, 0) is 49.2 Å². The summed E-state index contributed by atoms with van der Waals surface area (Å²) in [6, 6.07) is 10.3. The Bertz CT molecular complexity index is 730. The SMILES string of the molecule is COCCCN1C(=O)N(Cc2ccccc2)C(=O)C12CCN(C1CCSCC1)CC2. The van der Waals surface area contributed by atoms with Crippen LogP contribution >= 0.6 is 11.8 Å². The van der Waals surface area contributed by atoms with E-state index in [9.17, 15) is 9.59 Å². The lowest BCUT2D eigenvalue weighted by molar-refractivity contribution is -0.136. The van der Waals surface area contributed by atoms with Gasteiger partial charge < -0.3 is 14.5 Å². The summed E-state index contributed by atoms with van der Waals surface area (Å²) >= 11 is 2.04. The average Bonchev–Trinajstić information content (AvgIpc) is 2.97. The molecule has 0 bridgehead atoms. The number of nitrogens with zero attached hydrogens (tertiary/aromatic N) is 3. The number of methoxy groups -OCH3 is 1. The van der Waals surface area contributed by atoms with Crippen molar-refractivity contribution >= 4 is 23.7 Å². The van der Waals surface area contributed by atoms with Crippen molar-refractivity contribution in [2.75, 3.05) is 44.9 Å². The highest BCUT2D eigenvalue weighted by atomic mass is 32.2. The molecule has 0 aliphatic carbocycles. The van der Waals surface area contributed by atoms with Gasteiger partial charge in [-0.2, -0.15) is 11.8 Å². The van der Waals surface area contributed by atoms with Gasteiger partial charge >= 0.3 is 6.03 Å². The van der Waals surface area contributed by atoms with Gasteiger partial charge in [-0.25, -0.2) is 4.79 Å². The highest BCUT2D eigenvalue weighted by molar-refractivity contribution is 7.99. The van der Waals surface area contributed by atoms with Crippen molar-refractivity contribution < 1.29 is 14.3 Å². The van der Waals surface area contributed by atoms with Crippen molar-refractivity contribution in [3.63, 3.8) is 0 Å². The molecule has 0 atom stereocenters. The van der Waals surface area contributed by atoms with E-state index in [1.165, 1.54) is 29.2 Å². The van der Waals surface area contributed by atoms with Crippen molar-refractivity contribution in [3.8, 4) is 0 Å². The molecule has 7 heteroatoms. The van der Waals surface area contributed by atoms with E-state index < -0.39 is 5.54 Å². The quantitative estimate of drug-likeness (QED) is 0.490. The smallest absolute Gasteiger partial charge is 0.327 e. The van der Waals surface area contributed by atoms with Gasteiger partial charge in [0.2, 0.25) is 0 Å². The Labute approximate surface area is 183 Å². The Balaban J connectivity index is 1.51. The molecule has 164 valence electrons. The van der Waals surface area contributed by atoms with Crippen molar-refractivity contribution in [1.29, 1.82) is 0 Å². The van der Waals surface area contributed by atoms with Crippen LogP contribution in [0.4, 0.5) is 4.79 Å². The van der Waals surface area contributed by atoms with E-state index in [0.29, 0.717) is 25.7 Å². The molecule has 6 nitrogen and oxygen atoms in total. The summed E-state index contributed by atoms with van der Waals surface area (Å²) in [7, 11) is 1.68. The lowest BCUT2D eigenvalue weighted by atomic mass is 9.84. The molecule has 3 aliphatic heterocycles. The molecular formula is C23H33N3O3S. The van der Waals surface area contributed by atoms with Crippen molar-refractivity contribution in [1.82, 2.24) is 14.7 Å². The summed E-state index contributed by atoms with van der Waals surface area (Å²) < 4.78 is 5.21. The first-order chi connectivity index (χ1) is 14.7. The van der Waals surface area contributed by atoms with Crippen LogP contribution in [-0.4, -0.2) is 83.1 Å². The molecule has 0 radical (unpaired) electrons. The van der Waals surface area contributed by atoms with Crippen LogP contribution in [0.1, 0.15) is 37.7 Å². The van der Waals surface area contributed by atoms with Gasteiger partial charge in [-0.15, -0.1) is 0 Å². The molecular weight excluding hydrogens is 398 g/mol. The average molecular weight is 432 g/mol. The van der Waals surface area contributed by atoms with Crippen molar-refractivity contribution in [3.05, 3.63) is 35.9 Å². The fraction of sp³-hybridized carbons (Fsp3) is 0.652. The number of rotatable bonds is 7. The number of hydrogen-bond donors (Lipinski definition) is 0. The van der Waals surface area contributed by atoms with Gasteiger partial charge in [0, 0.05) is 39.4 Å². The van der Waals surface area contributed by atoms with Gasteiger partial charge in [-0.1, -0.05) is 30.3 Å². The zero-order valence-corrected chi connectivity index (χ0v) is 18.7. The fourth-order valence-electron chi connectivity index (χ4n) is 5.16. The second-order valence-corrected chi connectivity index (χ2v) is 9.79. The number of ether oxygens (including phenoxy) is 1. The first-order valence-electron chi connectivity index (χ1n) is 11.1. The molecule has 0 saturated carbocycles. The number of imide groups is 1. The number of piperidine rings is 1. The van der Waals surface area contributed by atoms with E-state index in [-0.39, 0.29) is 11.9 Å². The highest BCUT2D eigenvalue weighted by Crippen LogP contribution is 2.39. The van der Waals surface area contributed by atoms with E-state index >= 15 is 0 Å². The van der Waals surface area contributed by atoms with Gasteiger partial charge in [0.15, 0.2) is 0 Å². The number of carbonyl (C=O) groups is 2. The Morgan fingerprint density at radius 1 is 1.10 bits per heavy atom. The van der Waals surface area contributed by atoms with E-state index in [0.717, 1.165) is 37.9 Å². The van der Waals surface area contributed by atoms with E-state index in [2.05, 4.69) is 4.90 Å². The normalized spacial score (nSPS) is 23.0. The Morgan fingerprint density at radius 2 is 1.80 bits per heavy atom. The summed E-state index contributed by atoms with van der Waals surface area (Å²) in [5, 5.41) is 0. The molecule has 30 heavy (non-hydrogen) atoms. The number of hydrogen-bond acceptors (Lipinski definition) is 5. The number of amides is 3. The minimum absolute atomic E-state index is 0.00683. The van der Waals surface area contributed by atoms with E-state index in [4.69, 9.17) is 4.74 Å². The third kappa shape index (κ3) is 4.25. The maximum Gasteiger partial charge on any atom is 0.327 e. The molecule has 3 amide bonds. The van der Waals surface area contributed by atoms with Crippen LogP contribution in [-0.2, 0) is 16.1 Å². The first-order valence-corrected chi connectivity index (χ1v) is 12.3. The van der Waals surface area contributed by atoms with Crippen LogP contribution in [0.3, 0.4) is 0 Å². The molecule has 4 rings (SSSR count). The number of likely N-dealkylation sites (tertiary alicyclic amines) is 1. The molecule has 3 saturated heterocycles. The number of urea groups is 1. The summed E-state index contributed by atoms with van der Waals surface area (Å²) in [6.45, 7) is 3.32. The summed E-state index contributed by atoms with van der Waals surface area (Å²) in [5.74, 6) is 2.46. The molecule has 3 heterocycles. The second-order valence-electron chi connectivity index (χ2n) is 8.57. The molecule has 1 spiro atoms. The maximum atomic E-state index is 13.6. The van der Waals surface area contributed by atoms with Crippen LogP contribution in [0.2, 0.25) is 0 Å². The molecule has 0 unspecified atom stereocenters. The predicted molar refractivity (Wildman–Crippen MR) is 119 cm³/mol. The van der Waals surface area contributed by atoms with Crippen LogP contribution in [0, 0.1) is 0 Å². The zero-order chi connectivity index (χ0) is 21.0. The van der Waals surface area contributed by atoms with Crippen LogP contribution in [0.25, 0.3) is 0 Å². The third-order valence-electron chi connectivity index (χ3n) is 6.87. The molecule has 3 fully saturated rings. The molecule has 1 aromatic carbocycles. The third-order valence-corrected chi connectivity index (χ3v) is 7.92. The van der Waals surface area contributed by atoms with Crippen molar-refractivity contribution in [2.24, 2.45) is 0 Å². The lowest BCUT2D eigenvalue weighted by Gasteiger charge is -2.45. The zero-order valence-electron chi connectivity index (χ0n) is 17.9. The predicted octanol–water partition coefficient (Wildman–Crippen LogP) is 3.22. The van der Waals surface area contributed by atoms with Crippen LogP contribution in [0.5, 0.6) is 0 Å². The van der Waals surface area contributed by atoms with Gasteiger partial charge in [0.25, 0.3) is 5.91 Å². The molecule has 3 aliphatic rings. The summed E-state index contributed by atoms with van der Waals surface area (Å²) in [6.07, 6.45) is 4.70. The highest BCUT2D eigenvalue weighted by Gasteiger charge is 2.57. The topological polar surface area (TPSA) is 53.1 Å². The Morgan fingerprint density at radius 3 is 2.47 bits per heavy atom. The molecule has 1 aromatic rings. The molecule has 0 aromatic heterocycles. The second kappa shape index (κ2) is 9.71. The summed E-state index contributed by atoms with van der Waals surface area (Å²) in [5.41, 5.74) is 0.310. The van der Waals surface area contributed by atoms with Crippen molar-refractivity contribution in [2.45, 2.75) is 50.2 Å². The van der Waals surface area contributed by atoms with E-state index in [1.54, 1.807) is 7.11 Å². The van der Waals surface area contributed by atoms with Crippen LogP contribution < -0.4 is 0 Å². The number of benzene rings is 1. The Kier molecular flexibility index (Phi) is 7.01. The Hall–Kier alpha value is -1.57. The van der Waals surface area contributed by atoms with Crippen LogP contribution in [0.15, 0.2) is 30.3 Å². The standard InChI is InChI=1S/C23H33N3O3S/c1-29-15-5-12-26-22(28)25(18-19-6-3-2-4-7-19)21(27)23(26)10-13-24(14-11-23)20-8-16-30-17-9-20/h2-4,6-7,20H,5,8-18H2,1H3. The maximum absolute atomic E-state index is 13.6. The van der Waals surface area contributed by atoms with Gasteiger partial charge in [0.1, 0.15) is 5.54 Å². The minimum atomic E-state index is -0.681. The minimum Gasteiger partial charge on any atom is -0.385 e. The monoisotopic (exact) mass is 431 g/mol. The number of carbonyl (C=O) groups excluding carboxylic acids is 2. The largest absolute Gasteiger partial charge is 0.385 e. The fourth-order valence-corrected chi connectivity index (χ4v) is 6.24. The summed E-state index contributed by atoms with van der Waals surface area (Å²) in [4.78, 5) is 32.9. The number of thioether (sulfide) groups is 1. The van der Waals surface area contributed by atoms with Gasteiger partial charge in [0.05, 0.1) is 6.54 Å². The van der Waals surface area contributed by atoms with Gasteiger partial charge in [-0.3, -0.25) is 9.69 Å². The lowest BCUT2D eigenvalue weighted by Crippen LogP contribution is -2.58. The molecule has 0 N–H and O–H groups in total. The van der Waals surface area contributed by atoms with E-state index in [1.807, 2.05) is 47.0 Å².